The van der Waals surface area contributed by atoms with E-state index in [1.54, 1.807) is 6.07 Å². The van der Waals surface area contributed by atoms with E-state index in [2.05, 4.69) is 15.6 Å². The minimum absolute atomic E-state index is 0.0611. The summed E-state index contributed by atoms with van der Waals surface area (Å²) in [7, 11) is 0. The average molecular weight is 247 g/mol. The topological polar surface area (TPSA) is 91.3 Å². The zero-order chi connectivity index (χ0) is 12.8. The monoisotopic (exact) mass is 247 g/mol. The van der Waals surface area contributed by atoms with Gasteiger partial charge in [0.15, 0.2) is 0 Å². The van der Waals surface area contributed by atoms with Crippen LogP contribution in [0.15, 0.2) is 12.3 Å². The molecule has 1 aromatic heterocycles. The highest BCUT2D eigenvalue weighted by atomic mass is 16.4. The lowest BCUT2D eigenvalue weighted by atomic mass is 9.74. The summed E-state index contributed by atoms with van der Waals surface area (Å²) in [4.78, 5) is 27.2. The first-order chi connectivity index (χ1) is 8.63. The van der Waals surface area contributed by atoms with E-state index in [0.29, 0.717) is 18.7 Å². The van der Waals surface area contributed by atoms with Gasteiger partial charge in [0.2, 0.25) is 5.91 Å². The quantitative estimate of drug-likeness (QED) is 0.666. The minimum Gasteiger partial charge on any atom is -0.478 e. The second-order valence-electron chi connectivity index (χ2n) is 4.71. The summed E-state index contributed by atoms with van der Waals surface area (Å²) < 4.78 is 0. The Morgan fingerprint density at radius 1 is 1.39 bits per heavy atom. The number of carboxylic acids is 1. The first kappa shape index (κ1) is 11.2. The summed E-state index contributed by atoms with van der Waals surface area (Å²) in [5, 5.41) is 15.0. The number of anilines is 1. The number of piperidine rings is 1. The number of carbonyl (C=O) groups excluding carboxylic acids is 1. The maximum atomic E-state index is 12.2. The number of fused-ring (bicyclic) bond motifs is 2. The summed E-state index contributed by atoms with van der Waals surface area (Å²) in [6, 6.07) is 1.58. The molecule has 2 aliphatic rings. The highest BCUT2D eigenvalue weighted by Crippen LogP contribution is 2.42. The fourth-order valence-electron chi connectivity index (χ4n) is 2.75. The molecule has 94 valence electrons. The highest BCUT2D eigenvalue weighted by Gasteiger charge is 2.48. The van der Waals surface area contributed by atoms with Gasteiger partial charge in [0.25, 0.3) is 0 Å². The van der Waals surface area contributed by atoms with Crippen LogP contribution in [0, 0.1) is 0 Å². The second-order valence-corrected chi connectivity index (χ2v) is 4.71. The summed E-state index contributed by atoms with van der Waals surface area (Å²) >= 11 is 0. The van der Waals surface area contributed by atoms with Crippen LogP contribution in [0.2, 0.25) is 0 Å². The lowest BCUT2D eigenvalue weighted by molar-refractivity contribution is -0.121. The maximum Gasteiger partial charge on any atom is 0.337 e. The number of pyridine rings is 1. The van der Waals surface area contributed by atoms with Gasteiger partial charge in [0, 0.05) is 11.8 Å². The van der Waals surface area contributed by atoms with Crippen molar-refractivity contribution in [3.05, 3.63) is 23.4 Å². The fraction of sp³-hybridized carbons (Fsp3) is 0.417. The highest BCUT2D eigenvalue weighted by molar-refractivity contribution is 6.06. The third-order valence-electron chi connectivity index (χ3n) is 3.77. The summed E-state index contributed by atoms with van der Waals surface area (Å²) in [6.45, 7) is 1.51. The molecule has 0 atom stereocenters. The number of carbonyl (C=O) groups is 2. The van der Waals surface area contributed by atoms with Gasteiger partial charge < -0.3 is 15.7 Å². The SMILES string of the molecule is O=C(O)c1cnc2c(c1)C1(CCNCC1)C(=O)N2. The molecule has 3 heterocycles. The molecule has 6 nitrogen and oxygen atoms in total. The Morgan fingerprint density at radius 3 is 2.78 bits per heavy atom. The number of hydrogen-bond acceptors (Lipinski definition) is 4. The number of aromatic nitrogens is 1. The van der Waals surface area contributed by atoms with E-state index in [9.17, 15) is 9.59 Å². The Kier molecular flexibility index (Phi) is 2.34. The van der Waals surface area contributed by atoms with Crippen molar-refractivity contribution in [3.8, 4) is 0 Å². The van der Waals surface area contributed by atoms with Gasteiger partial charge in [0.05, 0.1) is 11.0 Å². The summed E-state index contributed by atoms with van der Waals surface area (Å²) in [6.07, 6.45) is 2.63. The van der Waals surface area contributed by atoms with Crippen molar-refractivity contribution < 1.29 is 14.7 Å². The van der Waals surface area contributed by atoms with Gasteiger partial charge in [-0.1, -0.05) is 0 Å². The lowest BCUT2D eigenvalue weighted by Crippen LogP contribution is -2.44. The molecule has 1 spiro atoms. The number of rotatable bonds is 1. The van der Waals surface area contributed by atoms with E-state index < -0.39 is 11.4 Å². The molecule has 0 bridgehead atoms. The summed E-state index contributed by atoms with van der Waals surface area (Å²) in [5.74, 6) is -0.574. The van der Waals surface area contributed by atoms with Crippen LogP contribution < -0.4 is 10.6 Å². The van der Waals surface area contributed by atoms with Gasteiger partial charge in [-0.25, -0.2) is 9.78 Å². The van der Waals surface area contributed by atoms with Gasteiger partial charge in [-0.2, -0.15) is 0 Å². The van der Waals surface area contributed by atoms with E-state index in [0.717, 1.165) is 18.7 Å². The number of nitrogens with zero attached hydrogens (tertiary/aromatic N) is 1. The van der Waals surface area contributed by atoms with Crippen LogP contribution in [-0.2, 0) is 10.2 Å². The standard InChI is InChI=1S/C12H13N3O3/c16-10(17)7-5-8-9(14-6-7)15-11(18)12(8)1-3-13-4-2-12/h5-6,13H,1-4H2,(H,16,17)(H,14,15,18). The normalized spacial score (nSPS) is 20.6. The Bertz CT molecular complexity index is 535. The molecule has 0 radical (unpaired) electrons. The lowest BCUT2D eigenvalue weighted by Gasteiger charge is -2.31. The zero-order valence-corrected chi connectivity index (χ0v) is 9.69. The molecule has 18 heavy (non-hydrogen) atoms. The van der Waals surface area contributed by atoms with Crippen molar-refractivity contribution in [1.82, 2.24) is 10.3 Å². The molecule has 6 heteroatoms. The molecule has 0 aliphatic carbocycles. The van der Waals surface area contributed by atoms with Crippen molar-refractivity contribution in [2.45, 2.75) is 18.3 Å². The van der Waals surface area contributed by atoms with Gasteiger partial charge in [0.1, 0.15) is 5.82 Å². The van der Waals surface area contributed by atoms with Crippen molar-refractivity contribution in [1.29, 1.82) is 0 Å². The maximum absolute atomic E-state index is 12.2. The summed E-state index contributed by atoms with van der Waals surface area (Å²) in [5.41, 5.74) is 0.260. The van der Waals surface area contributed by atoms with Crippen LogP contribution in [0.25, 0.3) is 0 Å². The number of aromatic carboxylic acids is 1. The minimum atomic E-state index is -1.02. The third kappa shape index (κ3) is 1.42. The average Bonchev–Trinajstić information content (AvgIpc) is 2.63. The Balaban J connectivity index is 2.12. The largest absolute Gasteiger partial charge is 0.478 e. The molecule has 0 aromatic carbocycles. The zero-order valence-electron chi connectivity index (χ0n) is 9.69. The number of amides is 1. The smallest absolute Gasteiger partial charge is 0.337 e. The van der Waals surface area contributed by atoms with Crippen molar-refractivity contribution in [3.63, 3.8) is 0 Å². The van der Waals surface area contributed by atoms with E-state index in [4.69, 9.17) is 5.11 Å². The van der Waals surface area contributed by atoms with E-state index in [1.807, 2.05) is 0 Å². The Hall–Kier alpha value is -1.95. The van der Waals surface area contributed by atoms with E-state index >= 15 is 0 Å². The second kappa shape index (κ2) is 3.78. The van der Waals surface area contributed by atoms with E-state index in [-0.39, 0.29) is 11.5 Å². The van der Waals surface area contributed by atoms with Crippen molar-refractivity contribution in [2.24, 2.45) is 0 Å². The van der Waals surface area contributed by atoms with Crippen LogP contribution in [0.4, 0.5) is 5.82 Å². The number of nitrogens with one attached hydrogen (secondary N) is 2. The first-order valence-corrected chi connectivity index (χ1v) is 5.89. The molecule has 1 aromatic rings. The molecule has 0 unspecified atom stereocenters. The van der Waals surface area contributed by atoms with Gasteiger partial charge in [-0.3, -0.25) is 4.79 Å². The molecule has 3 rings (SSSR count). The molecule has 1 saturated heterocycles. The van der Waals surface area contributed by atoms with Crippen LogP contribution in [0.1, 0.15) is 28.8 Å². The van der Waals surface area contributed by atoms with E-state index in [1.165, 1.54) is 6.20 Å². The first-order valence-electron chi connectivity index (χ1n) is 5.89. The van der Waals surface area contributed by atoms with Gasteiger partial charge in [-0.05, 0) is 32.0 Å². The molecule has 2 aliphatic heterocycles. The van der Waals surface area contributed by atoms with Crippen molar-refractivity contribution in [2.75, 3.05) is 18.4 Å². The van der Waals surface area contributed by atoms with Gasteiger partial charge >= 0.3 is 5.97 Å². The van der Waals surface area contributed by atoms with Crippen molar-refractivity contribution >= 4 is 17.7 Å². The molecule has 0 saturated carbocycles. The molecular weight excluding hydrogens is 234 g/mol. The molecular formula is C12H13N3O3. The fourth-order valence-corrected chi connectivity index (χ4v) is 2.75. The van der Waals surface area contributed by atoms with Crippen LogP contribution in [0.5, 0.6) is 0 Å². The number of hydrogen-bond donors (Lipinski definition) is 3. The van der Waals surface area contributed by atoms with Crippen LogP contribution in [-0.4, -0.2) is 35.1 Å². The van der Waals surface area contributed by atoms with Gasteiger partial charge in [-0.15, -0.1) is 0 Å². The van der Waals surface area contributed by atoms with Crippen LogP contribution >= 0.6 is 0 Å². The van der Waals surface area contributed by atoms with Crippen LogP contribution in [0.3, 0.4) is 0 Å². The predicted molar refractivity (Wildman–Crippen MR) is 63.6 cm³/mol. The number of carboxylic acid groups (broad SMARTS) is 1. The Labute approximate surface area is 103 Å². The third-order valence-corrected chi connectivity index (χ3v) is 3.77. The molecule has 1 fully saturated rings. The predicted octanol–water partition coefficient (Wildman–Crippen LogP) is 0.353. The Morgan fingerprint density at radius 2 is 2.11 bits per heavy atom. The molecule has 3 N–H and O–H groups in total. The molecule has 1 amide bonds.